The molecule has 2 aromatic rings. The molecule has 0 unspecified atom stereocenters. The van der Waals surface area contributed by atoms with Crippen molar-refractivity contribution in [3.63, 3.8) is 0 Å². The first-order valence-corrected chi connectivity index (χ1v) is 5.93. The number of nitrogens with zero attached hydrogens (tertiary/aromatic N) is 4. The van der Waals surface area contributed by atoms with Crippen molar-refractivity contribution in [2.24, 2.45) is 0 Å². The fraction of sp³-hybridized carbons (Fsp3) is 0.111. The third-order valence-corrected chi connectivity index (χ3v) is 2.50. The second-order valence-electron chi connectivity index (χ2n) is 3.10. The van der Waals surface area contributed by atoms with Gasteiger partial charge in [-0.05, 0) is 23.7 Å². The molecule has 18 heavy (non-hydrogen) atoms. The quantitative estimate of drug-likeness (QED) is 0.706. The number of rotatable bonds is 1. The lowest BCUT2D eigenvalue weighted by atomic mass is 10.3. The van der Waals surface area contributed by atoms with Crippen molar-refractivity contribution in [2.75, 3.05) is 0 Å². The third kappa shape index (κ3) is 3.05. The number of aromatic nitrogens is 4. The summed E-state index contributed by atoms with van der Waals surface area (Å²) in [6.07, 6.45) is -4.51. The van der Waals surface area contributed by atoms with Gasteiger partial charge >= 0.3 is 6.18 Å². The minimum absolute atomic E-state index is 0.00509. The number of alkyl halides is 3. The van der Waals surface area contributed by atoms with E-state index in [4.69, 9.17) is 11.6 Å². The zero-order chi connectivity index (χ0) is 13.3. The summed E-state index contributed by atoms with van der Waals surface area (Å²) < 4.78 is 37.8. The van der Waals surface area contributed by atoms with E-state index in [1.54, 1.807) is 22.6 Å². The van der Waals surface area contributed by atoms with E-state index in [1.807, 2.05) is 0 Å². The average molecular weight is 387 g/mol. The van der Waals surface area contributed by atoms with Gasteiger partial charge in [0, 0.05) is 22.6 Å². The van der Waals surface area contributed by atoms with Crippen LogP contribution in [0.15, 0.2) is 18.2 Å². The van der Waals surface area contributed by atoms with Gasteiger partial charge in [0.25, 0.3) is 0 Å². The SMILES string of the molecule is FC(F)(F)c1cccc(-c2nc(Cl)nc(I)n2)n1. The van der Waals surface area contributed by atoms with Gasteiger partial charge in [-0.3, -0.25) is 0 Å². The highest BCUT2D eigenvalue weighted by atomic mass is 127. The summed E-state index contributed by atoms with van der Waals surface area (Å²) in [5.74, 6) is 0.00509. The molecule has 0 fully saturated rings. The van der Waals surface area contributed by atoms with Crippen LogP contribution in [0, 0.1) is 3.83 Å². The molecule has 0 N–H and O–H groups in total. The largest absolute Gasteiger partial charge is 0.433 e. The van der Waals surface area contributed by atoms with Gasteiger partial charge in [-0.15, -0.1) is 0 Å². The molecule has 94 valence electrons. The molecule has 2 rings (SSSR count). The van der Waals surface area contributed by atoms with E-state index in [0.29, 0.717) is 0 Å². The molecule has 0 radical (unpaired) electrons. The monoisotopic (exact) mass is 386 g/mol. The summed E-state index contributed by atoms with van der Waals surface area (Å²) in [5.41, 5.74) is -1.02. The number of hydrogen-bond acceptors (Lipinski definition) is 4. The lowest BCUT2D eigenvalue weighted by Crippen LogP contribution is -2.09. The number of hydrogen-bond donors (Lipinski definition) is 0. The van der Waals surface area contributed by atoms with Crippen LogP contribution in [0.2, 0.25) is 5.28 Å². The van der Waals surface area contributed by atoms with Gasteiger partial charge in [0.1, 0.15) is 11.4 Å². The van der Waals surface area contributed by atoms with Crippen molar-refractivity contribution in [3.05, 3.63) is 33.0 Å². The Labute approximate surface area is 118 Å². The summed E-state index contributed by atoms with van der Waals surface area (Å²) in [4.78, 5) is 14.8. The topological polar surface area (TPSA) is 51.6 Å². The van der Waals surface area contributed by atoms with Crippen molar-refractivity contribution in [2.45, 2.75) is 6.18 Å². The molecular formula is C9H3ClF3IN4. The highest BCUT2D eigenvalue weighted by Crippen LogP contribution is 2.28. The predicted molar refractivity (Wildman–Crippen MR) is 65.8 cm³/mol. The van der Waals surface area contributed by atoms with Crippen molar-refractivity contribution in [1.29, 1.82) is 0 Å². The maximum atomic E-state index is 12.5. The first-order valence-electron chi connectivity index (χ1n) is 4.48. The van der Waals surface area contributed by atoms with E-state index < -0.39 is 11.9 Å². The summed E-state index contributed by atoms with van der Waals surface area (Å²) in [5, 5.41) is -0.0939. The van der Waals surface area contributed by atoms with E-state index in [-0.39, 0.29) is 20.6 Å². The Bertz CT molecular complexity index is 570. The molecule has 0 saturated carbocycles. The van der Waals surface area contributed by atoms with Crippen molar-refractivity contribution < 1.29 is 13.2 Å². The van der Waals surface area contributed by atoms with Gasteiger partial charge in [-0.1, -0.05) is 6.07 Å². The Hall–Kier alpha value is -1.03. The van der Waals surface area contributed by atoms with Gasteiger partial charge in [-0.25, -0.2) is 9.97 Å². The summed E-state index contributed by atoms with van der Waals surface area (Å²) in [7, 11) is 0. The molecule has 0 spiro atoms. The Kier molecular flexibility index (Phi) is 3.66. The maximum Gasteiger partial charge on any atom is 0.433 e. The molecule has 0 aliphatic heterocycles. The van der Waals surface area contributed by atoms with Gasteiger partial charge in [-0.2, -0.15) is 23.1 Å². The van der Waals surface area contributed by atoms with Gasteiger partial charge in [0.05, 0.1) is 0 Å². The standard InChI is InChI=1S/C9H3ClF3IN4/c10-7-16-6(17-8(14)18-7)4-2-1-3-5(15-4)9(11,12)13/h1-3H. The molecule has 0 bridgehead atoms. The van der Waals surface area contributed by atoms with Crippen LogP contribution >= 0.6 is 34.2 Å². The molecule has 0 atom stereocenters. The Morgan fingerprint density at radius 3 is 2.39 bits per heavy atom. The molecule has 0 aromatic carbocycles. The first-order chi connectivity index (χ1) is 8.36. The summed E-state index contributed by atoms with van der Waals surface area (Å²) >= 11 is 7.40. The smallest absolute Gasteiger partial charge is 0.240 e. The molecule has 9 heteroatoms. The average Bonchev–Trinajstić information content (AvgIpc) is 2.27. The minimum Gasteiger partial charge on any atom is -0.240 e. The maximum absolute atomic E-state index is 12.5. The van der Waals surface area contributed by atoms with E-state index in [1.165, 1.54) is 12.1 Å². The molecule has 4 nitrogen and oxygen atoms in total. The molecule has 0 aliphatic carbocycles. The Morgan fingerprint density at radius 1 is 1.06 bits per heavy atom. The van der Waals surface area contributed by atoms with Crippen LogP contribution in [0.5, 0.6) is 0 Å². The second kappa shape index (κ2) is 4.92. The van der Waals surface area contributed by atoms with E-state index in [2.05, 4.69) is 19.9 Å². The molecule has 0 saturated heterocycles. The number of halogens is 5. The van der Waals surface area contributed by atoms with Crippen molar-refractivity contribution >= 4 is 34.2 Å². The van der Waals surface area contributed by atoms with Crippen LogP contribution in [0.4, 0.5) is 13.2 Å². The molecule has 2 heterocycles. The predicted octanol–water partition coefficient (Wildman–Crippen LogP) is 3.21. The zero-order valence-corrected chi connectivity index (χ0v) is 11.3. The van der Waals surface area contributed by atoms with Crippen molar-refractivity contribution in [1.82, 2.24) is 19.9 Å². The molecular weight excluding hydrogens is 383 g/mol. The van der Waals surface area contributed by atoms with Crippen LogP contribution in [-0.4, -0.2) is 19.9 Å². The normalized spacial score (nSPS) is 11.6. The highest BCUT2D eigenvalue weighted by molar-refractivity contribution is 14.1. The van der Waals surface area contributed by atoms with E-state index >= 15 is 0 Å². The number of pyridine rings is 1. The molecule has 2 aromatic heterocycles. The zero-order valence-electron chi connectivity index (χ0n) is 8.41. The second-order valence-corrected chi connectivity index (χ2v) is 4.41. The minimum atomic E-state index is -4.51. The lowest BCUT2D eigenvalue weighted by molar-refractivity contribution is -0.141. The van der Waals surface area contributed by atoms with Crippen LogP contribution in [-0.2, 0) is 6.18 Å². The van der Waals surface area contributed by atoms with E-state index in [9.17, 15) is 13.2 Å². The van der Waals surface area contributed by atoms with E-state index in [0.717, 1.165) is 6.07 Å². The van der Waals surface area contributed by atoms with Gasteiger partial charge in [0.15, 0.2) is 9.66 Å². The fourth-order valence-corrected chi connectivity index (χ4v) is 1.92. The Balaban J connectivity index is 2.51. The fourth-order valence-electron chi connectivity index (χ4n) is 1.16. The summed E-state index contributed by atoms with van der Waals surface area (Å²) in [6.45, 7) is 0. The van der Waals surface area contributed by atoms with Gasteiger partial charge < -0.3 is 0 Å². The van der Waals surface area contributed by atoms with Crippen molar-refractivity contribution in [3.8, 4) is 11.5 Å². The first kappa shape index (κ1) is 13.4. The lowest BCUT2D eigenvalue weighted by Gasteiger charge is -2.06. The van der Waals surface area contributed by atoms with Crippen LogP contribution in [0.25, 0.3) is 11.5 Å². The highest BCUT2D eigenvalue weighted by Gasteiger charge is 2.32. The van der Waals surface area contributed by atoms with Crippen LogP contribution < -0.4 is 0 Å². The summed E-state index contributed by atoms with van der Waals surface area (Å²) in [6, 6.07) is 3.48. The van der Waals surface area contributed by atoms with Gasteiger partial charge in [0.2, 0.25) is 5.28 Å². The molecule has 0 aliphatic rings. The molecule has 0 amide bonds. The Morgan fingerprint density at radius 2 is 1.78 bits per heavy atom. The van der Waals surface area contributed by atoms with Crippen LogP contribution in [0.3, 0.4) is 0 Å². The van der Waals surface area contributed by atoms with Crippen LogP contribution in [0.1, 0.15) is 5.69 Å². The third-order valence-electron chi connectivity index (χ3n) is 1.85.